The molecule has 7 nitrogen and oxygen atoms in total. The Morgan fingerprint density at radius 1 is 1.26 bits per heavy atom. The third-order valence-corrected chi connectivity index (χ3v) is 4.58. The minimum Gasteiger partial charge on any atom is -0.454 e. The first-order chi connectivity index (χ1) is 13.3. The van der Waals surface area contributed by atoms with Crippen LogP contribution in [0.5, 0.6) is 11.5 Å². The second kappa shape index (κ2) is 11.0. The van der Waals surface area contributed by atoms with Gasteiger partial charge in [0.1, 0.15) is 0 Å². The van der Waals surface area contributed by atoms with Gasteiger partial charge in [-0.25, -0.2) is 0 Å². The van der Waals surface area contributed by atoms with Crippen LogP contribution in [0.15, 0.2) is 23.2 Å². The molecule has 0 radical (unpaired) electrons. The molecule has 2 heterocycles. The van der Waals surface area contributed by atoms with Crippen molar-refractivity contribution >= 4 is 5.96 Å². The molecule has 150 valence electrons. The van der Waals surface area contributed by atoms with Gasteiger partial charge in [-0.2, -0.15) is 0 Å². The lowest BCUT2D eigenvalue weighted by atomic mass is 10.1. The molecule has 2 N–H and O–H groups in total. The topological polar surface area (TPSA) is 73.3 Å². The second-order valence-corrected chi connectivity index (χ2v) is 6.78. The lowest BCUT2D eigenvalue weighted by molar-refractivity contribution is 0.0893. The van der Waals surface area contributed by atoms with Gasteiger partial charge < -0.3 is 29.6 Å². The van der Waals surface area contributed by atoms with Gasteiger partial charge >= 0.3 is 0 Å². The molecule has 2 aliphatic rings. The van der Waals surface area contributed by atoms with E-state index < -0.39 is 0 Å². The van der Waals surface area contributed by atoms with Gasteiger partial charge in [-0.15, -0.1) is 0 Å². The van der Waals surface area contributed by atoms with E-state index in [1.807, 2.05) is 12.1 Å². The number of guanidine groups is 1. The van der Waals surface area contributed by atoms with E-state index in [1.165, 1.54) is 5.56 Å². The van der Waals surface area contributed by atoms with Crippen molar-refractivity contribution in [2.45, 2.75) is 26.2 Å². The Morgan fingerprint density at radius 3 is 3.04 bits per heavy atom. The van der Waals surface area contributed by atoms with Crippen molar-refractivity contribution < 1.29 is 18.9 Å². The first-order valence-electron chi connectivity index (χ1n) is 9.91. The molecule has 2 aliphatic heterocycles. The van der Waals surface area contributed by atoms with Crippen molar-refractivity contribution in [3.63, 3.8) is 0 Å². The molecule has 0 aromatic heterocycles. The highest BCUT2D eigenvalue weighted by Gasteiger charge is 2.15. The largest absolute Gasteiger partial charge is 0.454 e. The maximum Gasteiger partial charge on any atom is 0.231 e. The Hall–Kier alpha value is -1.99. The summed E-state index contributed by atoms with van der Waals surface area (Å²) < 4.78 is 21.8. The first kappa shape index (κ1) is 19.8. The van der Waals surface area contributed by atoms with Crippen molar-refractivity contribution in [1.29, 1.82) is 0 Å². The fraction of sp³-hybridized carbons (Fsp3) is 0.650. The highest BCUT2D eigenvalue weighted by Crippen LogP contribution is 2.32. The molecule has 1 aromatic rings. The van der Waals surface area contributed by atoms with Crippen LogP contribution in [-0.4, -0.2) is 58.8 Å². The second-order valence-electron chi connectivity index (χ2n) is 6.78. The summed E-state index contributed by atoms with van der Waals surface area (Å²) in [4.78, 5) is 4.62. The molecule has 1 aromatic carbocycles. The number of ether oxygens (including phenoxy) is 4. The number of rotatable bonds is 10. The fourth-order valence-electron chi connectivity index (χ4n) is 3.09. The molecule has 1 saturated heterocycles. The number of nitrogens with zero attached hydrogens (tertiary/aromatic N) is 1. The number of fused-ring (bicyclic) bond motifs is 1. The minimum atomic E-state index is 0.312. The van der Waals surface area contributed by atoms with Crippen molar-refractivity contribution in [3.8, 4) is 11.5 Å². The van der Waals surface area contributed by atoms with Crippen LogP contribution in [0.3, 0.4) is 0 Å². The van der Waals surface area contributed by atoms with E-state index in [9.17, 15) is 0 Å². The average Bonchev–Trinajstić information content (AvgIpc) is 3.35. The van der Waals surface area contributed by atoms with Crippen LogP contribution in [0, 0.1) is 5.92 Å². The maximum absolute atomic E-state index is 5.72. The van der Waals surface area contributed by atoms with Crippen LogP contribution in [-0.2, 0) is 15.9 Å². The molecule has 1 atom stereocenters. The van der Waals surface area contributed by atoms with E-state index in [1.54, 1.807) is 0 Å². The normalized spacial score (nSPS) is 18.7. The predicted molar refractivity (Wildman–Crippen MR) is 105 cm³/mol. The summed E-state index contributed by atoms with van der Waals surface area (Å²) in [7, 11) is 0. The smallest absolute Gasteiger partial charge is 0.231 e. The summed E-state index contributed by atoms with van der Waals surface area (Å²) in [6, 6.07) is 6.08. The predicted octanol–water partition coefficient (Wildman–Crippen LogP) is 1.96. The van der Waals surface area contributed by atoms with Gasteiger partial charge in [0.15, 0.2) is 17.5 Å². The number of nitrogens with one attached hydrogen (secondary N) is 2. The zero-order valence-electron chi connectivity index (χ0n) is 16.2. The third kappa shape index (κ3) is 6.59. The quantitative estimate of drug-likeness (QED) is 0.369. The lowest BCUT2D eigenvalue weighted by Crippen LogP contribution is -2.38. The zero-order chi connectivity index (χ0) is 18.7. The molecular formula is C20H31N3O4. The fourth-order valence-corrected chi connectivity index (χ4v) is 3.09. The summed E-state index contributed by atoms with van der Waals surface area (Å²) in [5, 5.41) is 6.67. The molecule has 7 heteroatoms. The van der Waals surface area contributed by atoms with Crippen LogP contribution in [0.1, 0.15) is 25.3 Å². The van der Waals surface area contributed by atoms with E-state index >= 15 is 0 Å². The molecular weight excluding hydrogens is 346 g/mol. The summed E-state index contributed by atoms with van der Waals surface area (Å²) in [5.41, 5.74) is 1.21. The molecule has 27 heavy (non-hydrogen) atoms. The van der Waals surface area contributed by atoms with Crippen molar-refractivity contribution in [1.82, 2.24) is 10.6 Å². The van der Waals surface area contributed by atoms with E-state index in [-0.39, 0.29) is 0 Å². The SMILES string of the molecule is CCNC(=NCCCOCC1CCOC1)NCCc1ccc2c(c1)OCO2. The molecule has 1 fully saturated rings. The monoisotopic (exact) mass is 377 g/mol. The number of aliphatic imine (C=N–C) groups is 1. The Kier molecular flexibility index (Phi) is 8.04. The van der Waals surface area contributed by atoms with Gasteiger partial charge in [-0.1, -0.05) is 6.07 Å². The number of benzene rings is 1. The number of hydrogen-bond acceptors (Lipinski definition) is 5. The minimum absolute atomic E-state index is 0.312. The third-order valence-electron chi connectivity index (χ3n) is 4.58. The summed E-state index contributed by atoms with van der Waals surface area (Å²) in [6.45, 7) is 8.05. The van der Waals surface area contributed by atoms with Crippen LogP contribution >= 0.6 is 0 Å². The molecule has 0 bridgehead atoms. The van der Waals surface area contributed by atoms with Gasteiger partial charge in [0.2, 0.25) is 6.79 Å². The lowest BCUT2D eigenvalue weighted by Gasteiger charge is -2.12. The standard InChI is InChI=1S/C20H31N3O4/c1-2-21-20(22-8-3-10-24-13-17-7-11-25-14-17)23-9-6-16-4-5-18-19(12-16)27-15-26-18/h4-5,12,17H,2-3,6-11,13-15H2,1H3,(H2,21,22,23). The molecule has 0 saturated carbocycles. The highest BCUT2D eigenvalue weighted by atomic mass is 16.7. The summed E-state index contributed by atoms with van der Waals surface area (Å²) in [6.07, 6.45) is 2.94. The van der Waals surface area contributed by atoms with E-state index in [0.29, 0.717) is 12.7 Å². The van der Waals surface area contributed by atoms with Gasteiger partial charge in [-0.05, 0) is 43.9 Å². The highest BCUT2D eigenvalue weighted by molar-refractivity contribution is 5.79. The Bertz CT molecular complexity index is 603. The van der Waals surface area contributed by atoms with Gasteiger partial charge in [-0.3, -0.25) is 4.99 Å². The maximum atomic E-state index is 5.72. The van der Waals surface area contributed by atoms with E-state index in [4.69, 9.17) is 18.9 Å². The van der Waals surface area contributed by atoms with Crippen LogP contribution < -0.4 is 20.1 Å². The van der Waals surface area contributed by atoms with E-state index in [2.05, 4.69) is 28.6 Å². The van der Waals surface area contributed by atoms with Crippen molar-refractivity contribution in [2.75, 3.05) is 52.9 Å². The Morgan fingerprint density at radius 2 is 2.19 bits per heavy atom. The molecule has 3 rings (SSSR count). The van der Waals surface area contributed by atoms with Gasteiger partial charge in [0.25, 0.3) is 0 Å². The number of hydrogen-bond donors (Lipinski definition) is 2. The van der Waals surface area contributed by atoms with Crippen LogP contribution in [0.2, 0.25) is 0 Å². The summed E-state index contributed by atoms with van der Waals surface area (Å²) >= 11 is 0. The van der Waals surface area contributed by atoms with Gasteiger partial charge in [0, 0.05) is 38.8 Å². The molecule has 1 unspecified atom stereocenters. The van der Waals surface area contributed by atoms with Crippen molar-refractivity contribution in [3.05, 3.63) is 23.8 Å². The molecule has 0 aliphatic carbocycles. The summed E-state index contributed by atoms with van der Waals surface area (Å²) in [5.74, 6) is 3.08. The van der Waals surface area contributed by atoms with Crippen LogP contribution in [0.25, 0.3) is 0 Å². The first-order valence-corrected chi connectivity index (χ1v) is 9.91. The molecule has 0 spiro atoms. The van der Waals surface area contributed by atoms with Gasteiger partial charge in [0.05, 0.1) is 13.2 Å². The molecule has 0 amide bonds. The van der Waals surface area contributed by atoms with E-state index in [0.717, 1.165) is 82.8 Å². The van der Waals surface area contributed by atoms with Crippen LogP contribution in [0.4, 0.5) is 0 Å². The van der Waals surface area contributed by atoms with Crippen molar-refractivity contribution in [2.24, 2.45) is 10.9 Å². The average molecular weight is 377 g/mol. The zero-order valence-corrected chi connectivity index (χ0v) is 16.2. The Balaban J connectivity index is 1.32. The Labute approximate surface area is 161 Å².